The lowest BCUT2D eigenvalue weighted by atomic mass is 10.1. The van der Waals surface area contributed by atoms with Crippen LogP contribution in [0.1, 0.15) is 23.6 Å². The molecule has 0 aliphatic carbocycles. The summed E-state index contributed by atoms with van der Waals surface area (Å²) in [6.07, 6.45) is 0. The van der Waals surface area contributed by atoms with Crippen LogP contribution in [0.4, 0.5) is 0 Å². The maximum atomic E-state index is 12.9. The quantitative estimate of drug-likeness (QED) is 0.618. The predicted molar refractivity (Wildman–Crippen MR) is 124 cm³/mol. The van der Waals surface area contributed by atoms with Crippen LogP contribution in [0.2, 0.25) is 0 Å². The molecule has 1 aliphatic heterocycles. The van der Waals surface area contributed by atoms with E-state index in [2.05, 4.69) is 47.9 Å². The molecule has 0 radical (unpaired) electrons. The Balaban J connectivity index is 1.50. The first-order valence-electron chi connectivity index (χ1n) is 11.0. The van der Waals surface area contributed by atoms with Crippen LogP contribution in [0, 0.1) is 6.92 Å². The lowest BCUT2D eigenvalue weighted by molar-refractivity contribution is -0.134. The van der Waals surface area contributed by atoms with Gasteiger partial charge in [0.15, 0.2) is 11.5 Å². The van der Waals surface area contributed by atoms with Gasteiger partial charge in [0.2, 0.25) is 5.91 Å². The van der Waals surface area contributed by atoms with Gasteiger partial charge in [-0.15, -0.1) is 0 Å². The topological polar surface area (TPSA) is 45.3 Å². The second kappa shape index (κ2) is 11.2. The number of likely N-dealkylation sites (N-methyl/N-ethyl adjacent to an activating group) is 1. The van der Waals surface area contributed by atoms with Crippen molar-refractivity contribution in [2.75, 3.05) is 53.5 Å². The van der Waals surface area contributed by atoms with E-state index in [-0.39, 0.29) is 5.91 Å². The van der Waals surface area contributed by atoms with E-state index >= 15 is 0 Å². The molecule has 1 amide bonds. The zero-order chi connectivity index (χ0) is 22.2. The minimum Gasteiger partial charge on any atom is -0.493 e. The Morgan fingerprint density at radius 2 is 1.71 bits per heavy atom. The molecule has 6 heteroatoms. The molecule has 0 N–H and O–H groups in total. The Hall–Kier alpha value is -2.57. The van der Waals surface area contributed by atoms with Crippen LogP contribution in [0.3, 0.4) is 0 Å². The Labute approximate surface area is 186 Å². The SMILES string of the molecule is CCN(CC(=O)N1CCN(Cc2ccccc2C)CC1)Cc1ccc(OC)c(OC)c1. The largest absolute Gasteiger partial charge is 0.493 e. The number of benzene rings is 2. The van der Waals surface area contributed by atoms with E-state index in [9.17, 15) is 4.79 Å². The Kier molecular flexibility index (Phi) is 8.32. The number of piperazine rings is 1. The van der Waals surface area contributed by atoms with Crippen LogP contribution in [0.5, 0.6) is 11.5 Å². The van der Waals surface area contributed by atoms with Gasteiger partial charge in [-0.05, 0) is 42.3 Å². The van der Waals surface area contributed by atoms with Gasteiger partial charge in [-0.25, -0.2) is 0 Å². The highest BCUT2D eigenvalue weighted by Gasteiger charge is 2.23. The van der Waals surface area contributed by atoms with Gasteiger partial charge in [-0.2, -0.15) is 0 Å². The monoisotopic (exact) mass is 425 g/mol. The van der Waals surface area contributed by atoms with E-state index in [1.165, 1.54) is 11.1 Å². The summed E-state index contributed by atoms with van der Waals surface area (Å²) in [6, 6.07) is 14.5. The molecule has 1 heterocycles. The summed E-state index contributed by atoms with van der Waals surface area (Å²) in [6.45, 7) is 10.6. The number of nitrogens with zero attached hydrogens (tertiary/aromatic N) is 3. The van der Waals surface area contributed by atoms with Gasteiger partial charge in [0.1, 0.15) is 0 Å². The summed E-state index contributed by atoms with van der Waals surface area (Å²) in [5, 5.41) is 0. The Morgan fingerprint density at radius 3 is 2.35 bits per heavy atom. The molecule has 31 heavy (non-hydrogen) atoms. The van der Waals surface area contributed by atoms with E-state index in [4.69, 9.17) is 9.47 Å². The molecule has 168 valence electrons. The fourth-order valence-corrected chi connectivity index (χ4v) is 3.99. The lowest BCUT2D eigenvalue weighted by Crippen LogP contribution is -2.50. The standard InChI is InChI=1S/C25H35N3O3/c1-5-26(17-21-10-11-23(30-3)24(16-21)31-4)19-25(29)28-14-12-27(13-15-28)18-22-9-7-6-8-20(22)2/h6-11,16H,5,12-15,17-19H2,1-4H3. The van der Waals surface area contributed by atoms with Crippen molar-refractivity contribution >= 4 is 5.91 Å². The molecular formula is C25H35N3O3. The number of amides is 1. The number of aryl methyl sites for hydroxylation is 1. The third kappa shape index (κ3) is 6.21. The highest BCUT2D eigenvalue weighted by Crippen LogP contribution is 2.28. The first-order valence-corrected chi connectivity index (χ1v) is 11.0. The smallest absolute Gasteiger partial charge is 0.236 e. The van der Waals surface area contributed by atoms with Crippen molar-refractivity contribution in [1.29, 1.82) is 0 Å². The third-order valence-corrected chi connectivity index (χ3v) is 6.04. The molecule has 0 saturated carbocycles. The van der Waals surface area contributed by atoms with Crippen molar-refractivity contribution in [3.8, 4) is 11.5 Å². The van der Waals surface area contributed by atoms with E-state index in [0.29, 0.717) is 24.6 Å². The molecule has 0 atom stereocenters. The Morgan fingerprint density at radius 1 is 1.00 bits per heavy atom. The summed E-state index contributed by atoms with van der Waals surface area (Å²) in [5.41, 5.74) is 3.81. The molecule has 0 spiro atoms. The Bertz CT molecular complexity index is 863. The molecule has 3 rings (SSSR count). The van der Waals surface area contributed by atoms with Gasteiger partial charge in [0.05, 0.1) is 20.8 Å². The highest BCUT2D eigenvalue weighted by molar-refractivity contribution is 5.78. The van der Waals surface area contributed by atoms with E-state index in [1.807, 2.05) is 23.1 Å². The van der Waals surface area contributed by atoms with Crippen LogP contribution in [0.15, 0.2) is 42.5 Å². The van der Waals surface area contributed by atoms with Crippen molar-refractivity contribution in [3.63, 3.8) is 0 Å². The van der Waals surface area contributed by atoms with Crippen molar-refractivity contribution in [1.82, 2.24) is 14.7 Å². The van der Waals surface area contributed by atoms with Crippen LogP contribution in [-0.4, -0.2) is 74.1 Å². The predicted octanol–water partition coefficient (Wildman–Crippen LogP) is 3.18. The molecular weight excluding hydrogens is 390 g/mol. The van der Waals surface area contributed by atoms with Crippen LogP contribution in [0.25, 0.3) is 0 Å². The molecule has 2 aromatic rings. The molecule has 1 fully saturated rings. The van der Waals surface area contributed by atoms with Crippen molar-refractivity contribution < 1.29 is 14.3 Å². The number of hydrogen-bond acceptors (Lipinski definition) is 5. The fourth-order valence-electron chi connectivity index (χ4n) is 3.99. The second-order valence-electron chi connectivity index (χ2n) is 8.08. The number of ether oxygens (including phenoxy) is 2. The maximum Gasteiger partial charge on any atom is 0.236 e. The lowest BCUT2D eigenvalue weighted by Gasteiger charge is -2.36. The van der Waals surface area contributed by atoms with E-state index in [1.54, 1.807) is 14.2 Å². The van der Waals surface area contributed by atoms with Crippen molar-refractivity contribution in [2.45, 2.75) is 26.9 Å². The first-order chi connectivity index (χ1) is 15.0. The maximum absolute atomic E-state index is 12.9. The number of hydrogen-bond donors (Lipinski definition) is 0. The third-order valence-electron chi connectivity index (χ3n) is 6.04. The minimum absolute atomic E-state index is 0.206. The normalized spacial score (nSPS) is 14.7. The molecule has 1 aliphatic rings. The summed E-state index contributed by atoms with van der Waals surface area (Å²) < 4.78 is 10.7. The van der Waals surface area contributed by atoms with Crippen LogP contribution < -0.4 is 9.47 Å². The minimum atomic E-state index is 0.206. The number of rotatable bonds is 9. The molecule has 0 unspecified atom stereocenters. The number of carbonyl (C=O) groups excluding carboxylic acids is 1. The summed E-state index contributed by atoms with van der Waals surface area (Å²) in [7, 11) is 3.27. The average molecular weight is 426 g/mol. The summed E-state index contributed by atoms with van der Waals surface area (Å²) >= 11 is 0. The zero-order valence-corrected chi connectivity index (χ0v) is 19.3. The molecule has 1 saturated heterocycles. The van der Waals surface area contributed by atoms with Gasteiger partial charge in [-0.1, -0.05) is 37.3 Å². The van der Waals surface area contributed by atoms with Gasteiger partial charge in [0.25, 0.3) is 0 Å². The molecule has 0 bridgehead atoms. The highest BCUT2D eigenvalue weighted by atomic mass is 16.5. The number of carbonyl (C=O) groups is 1. The van der Waals surface area contributed by atoms with Crippen molar-refractivity contribution in [2.24, 2.45) is 0 Å². The van der Waals surface area contributed by atoms with Gasteiger partial charge >= 0.3 is 0 Å². The van der Waals surface area contributed by atoms with Crippen LogP contribution in [-0.2, 0) is 17.9 Å². The molecule has 0 aromatic heterocycles. The van der Waals surface area contributed by atoms with Gasteiger partial charge < -0.3 is 14.4 Å². The van der Waals surface area contributed by atoms with Gasteiger partial charge in [-0.3, -0.25) is 14.6 Å². The second-order valence-corrected chi connectivity index (χ2v) is 8.08. The number of methoxy groups -OCH3 is 2. The summed E-state index contributed by atoms with van der Waals surface area (Å²) in [4.78, 5) is 19.5. The summed E-state index contributed by atoms with van der Waals surface area (Å²) in [5.74, 6) is 1.64. The van der Waals surface area contributed by atoms with E-state index in [0.717, 1.165) is 44.8 Å². The first kappa shape index (κ1) is 23.1. The zero-order valence-electron chi connectivity index (χ0n) is 19.3. The molecule has 2 aromatic carbocycles. The average Bonchev–Trinajstić information content (AvgIpc) is 2.80. The fraction of sp³-hybridized carbons (Fsp3) is 0.480. The van der Waals surface area contributed by atoms with Crippen molar-refractivity contribution in [3.05, 3.63) is 59.2 Å². The van der Waals surface area contributed by atoms with Crippen LogP contribution >= 0.6 is 0 Å². The van der Waals surface area contributed by atoms with E-state index < -0.39 is 0 Å². The molecule has 6 nitrogen and oxygen atoms in total. The van der Waals surface area contributed by atoms with Gasteiger partial charge in [0, 0.05) is 39.3 Å².